The Morgan fingerprint density at radius 1 is 1.06 bits per heavy atom. The van der Waals surface area contributed by atoms with E-state index in [9.17, 15) is 9.59 Å². The Balaban J connectivity index is 1.64. The van der Waals surface area contributed by atoms with Crippen LogP contribution in [0, 0.1) is 12.8 Å². The summed E-state index contributed by atoms with van der Waals surface area (Å²) in [4.78, 5) is 28.0. The summed E-state index contributed by atoms with van der Waals surface area (Å²) in [5.74, 6) is 1.13. The number of methoxy groups -OCH3 is 3. The average Bonchev–Trinajstić information content (AvgIpc) is 3.64. The van der Waals surface area contributed by atoms with Crippen molar-refractivity contribution >= 4 is 17.5 Å². The summed E-state index contributed by atoms with van der Waals surface area (Å²) in [5, 5.41) is 6.30. The standard InChI is InChI=1S/C27H33N3O5/c1-18-5-7-19(8-6-18)24-16-23(22-12-11-21(34-3)15-25(22)35-4)28-30(24)26(31)17-29(13-14-33-2)27(32)20-9-10-20/h5-8,11-12,15,20,24H,9-10,13-14,16-17H2,1-4H3/t24-/m0/s1. The number of benzene rings is 2. The lowest BCUT2D eigenvalue weighted by molar-refractivity contribution is -0.142. The van der Waals surface area contributed by atoms with Crippen LogP contribution in [0.5, 0.6) is 11.5 Å². The summed E-state index contributed by atoms with van der Waals surface area (Å²) in [6, 6.07) is 13.4. The highest BCUT2D eigenvalue weighted by Gasteiger charge is 2.38. The number of hydrogen-bond donors (Lipinski definition) is 0. The van der Waals surface area contributed by atoms with Crippen molar-refractivity contribution in [2.24, 2.45) is 11.0 Å². The molecule has 2 aromatic rings. The molecule has 1 atom stereocenters. The van der Waals surface area contributed by atoms with Crippen molar-refractivity contribution in [1.82, 2.24) is 9.91 Å². The summed E-state index contributed by atoms with van der Waals surface area (Å²) in [5.41, 5.74) is 3.70. The highest BCUT2D eigenvalue weighted by Crippen LogP contribution is 2.37. The first-order valence-electron chi connectivity index (χ1n) is 11.9. The van der Waals surface area contributed by atoms with E-state index < -0.39 is 0 Å². The predicted octanol–water partition coefficient (Wildman–Crippen LogP) is 3.57. The van der Waals surface area contributed by atoms with Gasteiger partial charge in [0.25, 0.3) is 5.91 Å². The Morgan fingerprint density at radius 2 is 1.80 bits per heavy atom. The van der Waals surface area contributed by atoms with E-state index in [1.807, 2.05) is 49.4 Å². The minimum Gasteiger partial charge on any atom is -0.497 e. The van der Waals surface area contributed by atoms with E-state index in [0.29, 0.717) is 31.1 Å². The maximum atomic E-state index is 13.6. The van der Waals surface area contributed by atoms with Crippen LogP contribution in [0.25, 0.3) is 0 Å². The fourth-order valence-electron chi connectivity index (χ4n) is 4.28. The molecule has 0 bridgehead atoms. The second-order valence-corrected chi connectivity index (χ2v) is 9.01. The number of hydrogen-bond acceptors (Lipinski definition) is 6. The van der Waals surface area contributed by atoms with Gasteiger partial charge in [0.1, 0.15) is 18.0 Å². The van der Waals surface area contributed by atoms with Gasteiger partial charge in [0.15, 0.2) is 0 Å². The van der Waals surface area contributed by atoms with Crippen LogP contribution >= 0.6 is 0 Å². The smallest absolute Gasteiger partial charge is 0.262 e. The molecule has 0 N–H and O–H groups in total. The van der Waals surface area contributed by atoms with Crippen LogP contribution in [0.4, 0.5) is 0 Å². The maximum Gasteiger partial charge on any atom is 0.262 e. The van der Waals surface area contributed by atoms with Gasteiger partial charge >= 0.3 is 0 Å². The number of ether oxygens (including phenoxy) is 3. The summed E-state index contributed by atoms with van der Waals surface area (Å²) in [6.45, 7) is 2.76. The Hall–Kier alpha value is -3.39. The quantitative estimate of drug-likeness (QED) is 0.520. The molecular weight excluding hydrogens is 446 g/mol. The molecule has 1 saturated carbocycles. The molecule has 0 spiro atoms. The molecule has 0 aromatic heterocycles. The van der Waals surface area contributed by atoms with Gasteiger partial charge in [0.05, 0.1) is 32.6 Å². The van der Waals surface area contributed by atoms with Crippen molar-refractivity contribution in [3.63, 3.8) is 0 Å². The van der Waals surface area contributed by atoms with Crippen LogP contribution in [0.1, 0.15) is 42.0 Å². The lowest BCUT2D eigenvalue weighted by Gasteiger charge is -2.27. The molecule has 0 unspecified atom stereocenters. The number of amides is 2. The van der Waals surface area contributed by atoms with Gasteiger partial charge in [0.2, 0.25) is 5.91 Å². The summed E-state index contributed by atoms with van der Waals surface area (Å²) >= 11 is 0. The Bertz CT molecular complexity index is 1090. The van der Waals surface area contributed by atoms with E-state index in [0.717, 1.165) is 35.2 Å². The molecule has 1 fully saturated rings. The lowest BCUT2D eigenvalue weighted by atomic mass is 9.97. The van der Waals surface area contributed by atoms with Gasteiger partial charge < -0.3 is 19.1 Å². The molecule has 186 valence electrons. The largest absolute Gasteiger partial charge is 0.497 e. The average molecular weight is 480 g/mol. The summed E-state index contributed by atoms with van der Waals surface area (Å²) in [6.07, 6.45) is 2.30. The van der Waals surface area contributed by atoms with Gasteiger partial charge in [-0.2, -0.15) is 5.10 Å². The second-order valence-electron chi connectivity index (χ2n) is 9.01. The van der Waals surface area contributed by atoms with Gasteiger partial charge in [-0.15, -0.1) is 0 Å². The van der Waals surface area contributed by atoms with Crippen molar-refractivity contribution in [2.45, 2.75) is 32.2 Å². The maximum absolute atomic E-state index is 13.6. The number of rotatable bonds is 10. The number of carbonyl (C=O) groups excluding carboxylic acids is 2. The van der Waals surface area contributed by atoms with Crippen LogP contribution in [0.2, 0.25) is 0 Å². The predicted molar refractivity (Wildman–Crippen MR) is 133 cm³/mol. The zero-order chi connectivity index (χ0) is 24.9. The molecule has 2 amide bonds. The van der Waals surface area contributed by atoms with Crippen LogP contribution in [-0.4, -0.2) is 68.5 Å². The third-order valence-corrected chi connectivity index (χ3v) is 6.48. The van der Waals surface area contributed by atoms with Gasteiger partial charge in [-0.25, -0.2) is 5.01 Å². The molecule has 1 aliphatic carbocycles. The first-order valence-corrected chi connectivity index (χ1v) is 11.9. The minimum absolute atomic E-state index is 0.0162. The van der Waals surface area contributed by atoms with Crippen molar-refractivity contribution in [1.29, 1.82) is 0 Å². The number of carbonyl (C=O) groups is 2. The molecule has 2 aliphatic rings. The van der Waals surface area contributed by atoms with E-state index in [1.165, 1.54) is 5.01 Å². The Labute approximate surface area is 206 Å². The third kappa shape index (κ3) is 5.65. The van der Waals surface area contributed by atoms with Crippen molar-refractivity contribution in [3.8, 4) is 11.5 Å². The molecule has 8 heteroatoms. The van der Waals surface area contributed by atoms with Crippen LogP contribution < -0.4 is 9.47 Å². The van der Waals surface area contributed by atoms with E-state index in [4.69, 9.17) is 19.3 Å². The van der Waals surface area contributed by atoms with Crippen LogP contribution in [0.15, 0.2) is 47.6 Å². The highest BCUT2D eigenvalue weighted by molar-refractivity contribution is 6.05. The number of aryl methyl sites for hydroxylation is 1. The topological polar surface area (TPSA) is 80.7 Å². The Kier molecular flexibility index (Phi) is 7.70. The van der Waals surface area contributed by atoms with Gasteiger partial charge in [0, 0.05) is 37.6 Å². The lowest BCUT2D eigenvalue weighted by Crippen LogP contribution is -2.43. The summed E-state index contributed by atoms with van der Waals surface area (Å²) < 4.78 is 16.1. The molecule has 4 rings (SSSR count). The van der Waals surface area contributed by atoms with E-state index in [-0.39, 0.29) is 30.3 Å². The van der Waals surface area contributed by atoms with Gasteiger partial charge in [-0.3, -0.25) is 9.59 Å². The molecule has 1 heterocycles. The van der Waals surface area contributed by atoms with E-state index in [2.05, 4.69) is 0 Å². The molecule has 8 nitrogen and oxygen atoms in total. The molecule has 0 radical (unpaired) electrons. The van der Waals surface area contributed by atoms with Crippen LogP contribution in [0.3, 0.4) is 0 Å². The number of hydrazone groups is 1. The molecule has 0 saturated heterocycles. The number of nitrogens with zero attached hydrogens (tertiary/aromatic N) is 3. The molecule has 2 aromatic carbocycles. The van der Waals surface area contributed by atoms with E-state index in [1.54, 1.807) is 26.2 Å². The van der Waals surface area contributed by atoms with Crippen molar-refractivity contribution in [2.75, 3.05) is 41.0 Å². The van der Waals surface area contributed by atoms with Crippen LogP contribution in [-0.2, 0) is 14.3 Å². The monoisotopic (exact) mass is 479 g/mol. The molecule has 35 heavy (non-hydrogen) atoms. The Morgan fingerprint density at radius 3 is 2.43 bits per heavy atom. The minimum atomic E-state index is -0.273. The first kappa shape index (κ1) is 24.7. The third-order valence-electron chi connectivity index (χ3n) is 6.48. The first-order chi connectivity index (χ1) is 16.9. The van der Waals surface area contributed by atoms with Gasteiger partial charge in [-0.05, 0) is 37.5 Å². The van der Waals surface area contributed by atoms with Crippen molar-refractivity contribution in [3.05, 3.63) is 59.2 Å². The second kappa shape index (κ2) is 10.9. The molecular formula is C27H33N3O5. The normalized spacial score (nSPS) is 17.2. The zero-order valence-electron chi connectivity index (χ0n) is 20.8. The highest BCUT2D eigenvalue weighted by atomic mass is 16.5. The van der Waals surface area contributed by atoms with E-state index >= 15 is 0 Å². The van der Waals surface area contributed by atoms with Crippen molar-refractivity contribution < 1.29 is 23.8 Å². The SMILES string of the molecule is COCCN(CC(=O)N1N=C(c2ccc(OC)cc2OC)C[C@H]1c1ccc(C)cc1)C(=O)C1CC1. The molecule has 1 aliphatic heterocycles. The fraction of sp³-hybridized carbons (Fsp3) is 0.444. The fourth-order valence-corrected chi connectivity index (χ4v) is 4.28. The van der Waals surface area contributed by atoms with Gasteiger partial charge in [-0.1, -0.05) is 29.8 Å². The summed E-state index contributed by atoms with van der Waals surface area (Å²) in [7, 11) is 4.80. The zero-order valence-corrected chi connectivity index (χ0v) is 20.8.